The number of nitriles is 1. The van der Waals surface area contributed by atoms with Gasteiger partial charge in [-0.3, -0.25) is 4.98 Å². The van der Waals surface area contributed by atoms with E-state index >= 15 is 0 Å². The van der Waals surface area contributed by atoms with Gasteiger partial charge in [0.25, 0.3) is 0 Å². The van der Waals surface area contributed by atoms with Gasteiger partial charge in [0.05, 0.1) is 28.5 Å². The summed E-state index contributed by atoms with van der Waals surface area (Å²) in [5, 5.41) is 11.2. The quantitative estimate of drug-likeness (QED) is 0.521. The number of sulfonamides is 1. The van der Waals surface area contributed by atoms with Gasteiger partial charge in [-0.25, -0.2) is 21.9 Å². The maximum atomic E-state index is 12.8. The van der Waals surface area contributed by atoms with Crippen LogP contribution in [0.4, 0.5) is 8.78 Å². The highest BCUT2D eigenvalue weighted by Crippen LogP contribution is 2.41. The largest absolute Gasteiger partial charge is 0.335 e. The lowest BCUT2D eigenvalue weighted by Crippen LogP contribution is -2.37. The molecule has 1 aromatic carbocycles. The first-order valence-electron chi connectivity index (χ1n) is 10.2. The Morgan fingerprint density at radius 3 is 2.53 bits per heavy atom. The van der Waals surface area contributed by atoms with Crippen LogP contribution in [-0.2, 0) is 10.0 Å². The molecule has 0 atom stereocenters. The van der Waals surface area contributed by atoms with Gasteiger partial charge < -0.3 is 4.57 Å². The van der Waals surface area contributed by atoms with Crippen LogP contribution < -0.4 is 4.72 Å². The Morgan fingerprint density at radius 1 is 1.22 bits per heavy atom. The normalized spacial score (nSPS) is 15.0. The monoisotopic (exact) mass is 478 g/mol. The number of nitrogens with zero attached hydrogens (tertiary/aromatic N) is 3. The molecule has 4 rings (SSSR count). The van der Waals surface area contributed by atoms with Crippen LogP contribution in [0.1, 0.15) is 37.3 Å². The average molecular weight is 479 g/mol. The molecular weight excluding hydrogens is 458 g/mol. The minimum absolute atomic E-state index is 0.192. The van der Waals surface area contributed by atoms with Crippen molar-refractivity contribution in [1.29, 1.82) is 5.26 Å². The van der Waals surface area contributed by atoms with Crippen molar-refractivity contribution < 1.29 is 17.2 Å². The summed E-state index contributed by atoms with van der Waals surface area (Å²) in [6.07, 6.45) is 5.23. The average Bonchev–Trinajstić information content (AvgIpc) is 3.43. The molecule has 1 saturated carbocycles. The highest BCUT2D eigenvalue weighted by Gasteiger charge is 2.27. The van der Waals surface area contributed by atoms with Crippen molar-refractivity contribution in [2.75, 3.05) is 13.3 Å². The Morgan fingerprint density at radius 2 is 1.94 bits per heavy atom. The van der Waals surface area contributed by atoms with E-state index in [1.54, 1.807) is 12.1 Å². The second-order valence-corrected chi connectivity index (χ2v) is 9.96. The van der Waals surface area contributed by atoms with Crippen molar-refractivity contribution >= 4 is 32.5 Å². The van der Waals surface area contributed by atoms with Crippen LogP contribution in [0, 0.1) is 11.3 Å². The first-order chi connectivity index (χ1) is 15.4. The van der Waals surface area contributed by atoms with Crippen LogP contribution in [-0.4, -0.2) is 37.4 Å². The molecule has 168 valence electrons. The summed E-state index contributed by atoms with van der Waals surface area (Å²) in [7, 11) is -4.14. The van der Waals surface area contributed by atoms with E-state index in [1.807, 2.05) is 10.8 Å². The Balaban J connectivity index is 1.83. The molecule has 3 aromatic rings. The number of hydrogen-bond donors (Lipinski definition) is 1. The predicted molar refractivity (Wildman–Crippen MR) is 118 cm³/mol. The maximum absolute atomic E-state index is 12.8. The zero-order valence-corrected chi connectivity index (χ0v) is 18.6. The molecule has 32 heavy (non-hydrogen) atoms. The Labute approximate surface area is 189 Å². The summed E-state index contributed by atoms with van der Waals surface area (Å²) in [6, 6.07) is 9.26. The van der Waals surface area contributed by atoms with Crippen LogP contribution in [0.15, 0.2) is 41.4 Å². The molecule has 0 bridgehead atoms. The molecular formula is C22H21ClF2N4O2S. The first-order valence-corrected chi connectivity index (χ1v) is 12.1. The van der Waals surface area contributed by atoms with Crippen molar-refractivity contribution in [3.63, 3.8) is 0 Å². The molecule has 1 N–H and O–H groups in total. The molecule has 1 aliphatic carbocycles. The fraction of sp³-hybridized carbons (Fsp3) is 0.364. The van der Waals surface area contributed by atoms with Crippen molar-refractivity contribution in [1.82, 2.24) is 14.3 Å². The summed E-state index contributed by atoms with van der Waals surface area (Å²) >= 11 is 6.19. The topological polar surface area (TPSA) is 87.8 Å². The van der Waals surface area contributed by atoms with Gasteiger partial charge in [-0.1, -0.05) is 24.4 Å². The highest BCUT2D eigenvalue weighted by atomic mass is 35.5. The van der Waals surface area contributed by atoms with Gasteiger partial charge in [0.1, 0.15) is 24.3 Å². The summed E-state index contributed by atoms with van der Waals surface area (Å²) in [5.74, 6) is 0. The van der Waals surface area contributed by atoms with Crippen molar-refractivity contribution in [3.8, 4) is 17.5 Å². The Hall–Kier alpha value is -2.54. The number of pyridine rings is 1. The Kier molecular flexibility index (Phi) is 6.47. The lowest BCUT2D eigenvalue weighted by molar-refractivity contribution is 0.334. The van der Waals surface area contributed by atoms with Gasteiger partial charge in [0.15, 0.2) is 0 Å². The number of rotatable bonds is 7. The van der Waals surface area contributed by atoms with Gasteiger partial charge in [-0.2, -0.15) is 5.26 Å². The molecule has 10 heteroatoms. The first kappa shape index (κ1) is 22.6. The van der Waals surface area contributed by atoms with E-state index in [4.69, 9.17) is 11.6 Å². The fourth-order valence-corrected chi connectivity index (χ4v) is 5.58. The van der Waals surface area contributed by atoms with E-state index in [0.29, 0.717) is 22.0 Å². The molecule has 0 radical (unpaired) electrons. The van der Waals surface area contributed by atoms with Gasteiger partial charge in [-0.05, 0) is 43.2 Å². The number of benzene rings is 1. The van der Waals surface area contributed by atoms with Crippen LogP contribution in [0.25, 0.3) is 22.3 Å². The Bertz CT molecular complexity index is 1280. The zero-order chi connectivity index (χ0) is 22.9. The minimum atomic E-state index is -4.14. The van der Waals surface area contributed by atoms with E-state index in [1.165, 1.54) is 12.1 Å². The number of nitrogens with one attached hydrogen (secondary N) is 1. The molecule has 0 aliphatic heterocycles. The minimum Gasteiger partial charge on any atom is -0.335 e. The summed E-state index contributed by atoms with van der Waals surface area (Å²) in [4.78, 5) is 4.11. The van der Waals surface area contributed by atoms with E-state index < -0.39 is 29.4 Å². The maximum Gasteiger partial charge on any atom is 0.242 e. The molecule has 1 aliphatic rings. The van der Waals surface area contributed by atoms with Gasteiger partial charge in [0, 0.05) is 22.6 Å². The molecule has 6 nitrogen and oxygen atoms in total. The lowest BCUT2D eigenvalue weighted by atomic mass is 10.1. The molecule has 2 heterocycles. The summed E-state index contributed by atoms with van der Waals surface area (Å²) in [6.45, 7) is -2.31. The zero-order valence-electron chi connectivity index (χ0n) is 17.1. The summed E-state index contributed by atoms with van der Waals surface area (Å²) < 4.78 is 54.5. The summed E-state index contributed by atoms with van der Waals surface area (Å²) in [5.41, 5.74) is 2.35. The van der Waals surface area contributed by atoms with E-state index in [-0.39, 0.29) is 10.9 Å². The predicted octanol–water partition coefficient (Wildman–Crippen LogP) is 4.93. The van der Waals surface area contributed by atoms with Gasteiger partial charge in [0.2, 0.25) is 10.0 Å². The van der Waals surface area contributed by atoms with Crippen LogP contribution in [0.3, 0.4) is 0 Å². The number of halogens is 3. The van der Waals surface area contributed by atoms with Crippen LogP contribution in [0.5, 0.6) is 0 Å². The van der Waals surface area contributed by atoms with Crippen LogP contribution in [0.2, 0.25) is 5.02 Å². The third-order valence-corrected chi connectivity index (χ3v) is 7.49. The molecule has 0 unspecified atom stereocenters. The van der Waals surface area contributed by atoms with Gasteiger partial charge in [-0.15, -0.1) is 0 Å². The second-order valence-electron chi connectivity index (χ2n) is 7.81. The second kappa shape index (κ2) is 9.14. The van der Waals surface area contributed by atoms with Gasteiger partial charge >= 0.3 is 0 Å². The van der Waals surface area contributed by atoms with E-state index in [2.05, 4.69) is 15.6 Å². The number of aromatic nitrogens is 2. The SMILES string of the molecule is N#Cc1c(-c2ccc(S(=O)(=O)NC(CF)CF)cn2)n(C2CCCC2)c2ccc(Cl)cc12. The molecule has 0 amide bonds. The number of fused-ring (bicyclic) bond motifs is 1. The van der Waals surface area contributed by atoms with Crippen molar-refractivity contribution in [2.24, 2.45) is 0 Å². The standard InChI is InChI=1S/C22H21ClF2N4O2S/c23-14-5-8-21-18(9-14)19(12-26)22(29(21)16-3-1-2-4-16)20-7-6-17(13-27-20)32(30,31)28-15(10-24)11-25/h5-9,13,15-16,28H,1-4,10-11H2. The fourth-order valence-electron chi connectivity index (χ4n) is 4.26. The smallest absolute Gasteiger partial charge is 0.242 e. The third kappa shape index (κ3) is 4.10. The lowest BCUT2D eigenvalue weighted by Gasteiger charge is -2.18. The van der Waals surface area contributed by atoms with E-state index in [9.17, 15) is 22.5 Å². The third-order valence-electron chi connectivity index (χ3n) is 5.75. The van der Waals surface area contributed by atoms with E-state index in [0.717, 1.165) is 42.8 Å². The molecule has 1 fully saturated rings. The molecule has 0 spiro atoms. The molecule has 0 saturated heterocycles. The number of alkyl halides is 2. The molecule has 2 aromatic heterocycles. The van der Waals surface area contributed by atoms with Crippen molar-refractivity contribution in [3.05, 3.63) is 47.1 Å². The number of hydrogen-bond acceptors (Lipinski definition) is 4. The van der Waals surface area contributed by atoms with Crippen molar-refractivity contribution in [2.45, 2.75) is 42.7 Å². The van der Waals surface area contributed by atoms with Crippen LogP contribution >= 0.6 is 11.6 Å². The highest BCUT2D eigenvalue weighted by molar-refractivity contribution is 7.89.